The molecular weight excluding hydrogens is 283 g/mol. The molecule has 0 spiro atoms. The van der Waals surface area contributed by atoms with E-state index in [1.165, 1.54) is 25.7 Å². The van der Waals surface area contributed by atoms with Crippen molar-refractivity contribution in [3.63, 3.8) is 0 Å². The lowest BCUT2D eigenvalue weighted by Gasteiger charge is -2.10. The Kier molecular flexibility index (Phi) is 6.46. The van der Waals surface area contributed by atoms with Gasteiger partial charge in [0.1, 0.15) is 0 Å². The van der Waals surface area contributed by atoms with Gasteiger partial charge in [-0.3, -0.25) is 4.79 Å². The summed E-state index contributed by atoms with van der Waals surface area (Å²) in [5, 5.41) is 3.33. The van der Waals surface area contributed by atoms with Gasteiger partial charge in [-0.25, -0.2) is 0 Å². The zero-order chi connectivity index (χ0) is 13.0. The number of rotatable bonds is 4. The molecule has 0 unspecified atom stereocenters. The van der Waals surface area contributed by atoms with E-state index in [9.17, 15) is 4.79 Å². The van der Waals surface area contributed by atoms with Crippen LogP contribution in [0.3, 0.4) is 0 Å². The molecule has 5 heteroatoms. The molecule has 3 N–H and O–H groups in total. The van der Waals surface area contributed by atoms with E-state index in [1.54, 1.807) is 18.2 Å². The molecule has 1 aliphatic carbocycles. The lowest BCUT2D eigenvalue weighted by molar-refractivity contribution is 0.0951. The summed E-state index contributed by atoms with van der Waals surface area (Å²) in [4.78, 5) is 11.9. The quantitative estimate of drug-likeness (QED) is 0.834. The molecule has 0 radical (unpaired) electrons. The Balaban J connectivity index is 0.00000180. The average molecular weight is 303 g/mol. The van der Waals surface area contributed by atoms with Crippen LogP contribution in [0.1, 0.15) is 42.5 Å². The van der Waals surface area contributed by atoms with Gasteiger partial charge in [-0.1, -0.05) is 37.3 Å². The van der Waals surface area contributed by atoms with E-state index in [-0.39, 0.29) is 18.3 Å². The lowest BCUT2D eigenvalue weighted by atomic mass is 10.0. The van der Waals surface area contributed by atoms with Gasteiger partial charge in [-0.2, -0.15) is 0 Å². The minimum absolute atomic E-state index is 0. The maximum absolute atomic E-state index is 11.9. The highest BCUT2D eigenvalue weighted by Crippen LogP contribution is 2.27. The normalized spacial score (nSPS) is 15.0. The van der Waals surface area contributed by atoms with Gasteiger partial charge in [-0.15, -0.1) is 12.4 Å². The number of hydrogen-bond donors (Lipinski definition) is 2. The number of halogens is 2. The summed E-state index contributed by atoms with van der Waals surface area (Å²) in [6.45, 7) is 0.726. The Hall–Kier alpha value is -0.930. The van der Waals surface area contributed by atoms with E-state index < -0.39 is 0 Å². The second kappa shape index (κ2) is 7.61. The zero-order valence-electron chi connectivity index (χ0n) is 10.8. The van der Waals surface area contributed by atoms with E-state index in [2.05, 4.69) is 5.32 Å². The van der Waals surface area contributed by atoms with Gasteiger partial charge in [-0.05, 0) is 30.5 Å². The highest BCUT2D eigenvalue weighted by Gasteiger charge is 2.15. The summed E-state index contributed by atoms with van der Waals surface area (Å²) in [5.74, 6) is 0.671. The number of amides is 1. The summed E-state index contributed by atoms with van der Waals surface area (Å²) < 4.78 is 0. The third-order valence-corrected chi connectivity index (χ3v) is 3.86. The third-order valence-electron chi connectivity index (χ3n) is 3.55. The fourth-order valence-electron chi connectivity index (χ4n) is 2.50. The van der Waals surface area contributed by atoms with Gasteiger partial charge in [0.05, 0.1) is 10.6 Å². The van der Waals surface area contributed by atoms with Crippen molar-refractivity contribution in [1.82, 2.24) is 5.32 Å². The van der Waals surface area contributed by atoms with Gasteiger partial charge in [0.15, 0.2) is 0 Å². The Labute approximate surface area is 125 Å². The van der Waals surface area contributed by atoms with E-state index >= 15 is 0 Å². The molecule has 0 bridgehead atoms. The largest absolute Gasteiger partial charge is 0.399 e. The number of nitrogens with two attached hydrogens (primary N) is 1. The van der Waals surface area contributed by atoms with Crippen molar-refractivity contribution in [3.05, 3.63) is 28.8 Å². The van der Waals surface area contributed by atoms with Gasteiger partial charge in [0.2, 0.25) is 0 Å². The molecule has 2 rings (SSSR count). The van der Waals surface area contributed by atoms with Crippen molar-refractivity contribution >= 4 is 35.6 Å². The standard InChI is InChI=1S/C14H19ClN2O.ClH/c15-13-9-11(16)5-6-12(13)14(18)17-8-7-10-3-1-2-4-10;/h5-6,9-10H,1-4,7-8,16H2,(H,17,18);1H. The maximum atomic E-state index is 11.9. The summed E-state index contributed by atoms with van der Waals surface area (Å²) in [6.07, 6.45) is 6.35. The molecule has 3 nitrogen and oxygen atoms in total. The fourth-order valence-corrected chi connectivity index (χ4v) is 2.77. The summed E-state index contributed by atoms with van der Waals surface area (Å²) >= 11 is 5.99. The lowest BCUT2D eigenvalue weighted by Crippen LogP contribution is -2.25. The zero-order valence-corrected chi connectivity index (χ0v) is 12.4. The Bertz CT molecular complexity index is 431. The van der Waals surface area contributed by atoms with Crippen molar-refractivity contribution in [1.29, 1.82) is 0 Å². The first-order valence-electron chi connectivity index (χ1n) is 6.50. The monoisotopic (exact) mass is 302 g/mol. The summed E-state index contributed by atoms with van der Waals surface area (Å²) in [7, 11) is 0. The number of carbonyl (C=O) groups excluding carboxylic acids is 1. The second-order valence-corrected chi connectivity index (χ2v) is 5.34. The fraction of sp³-hybridized carbons (Fsp3) is 0.500. The molecule has 1 aromatic carbocycles. The molecule has 0 saturated heterocycles. The van der Waals surface area contributed by atoms with Crippen LogP contribution in [-0.2, 0) is 0 Å². The molecule has 1 aromatic rings. The second-order valence-electron chi connectivity index (χ2n) is 4.93. The minimum Gasteiger partial charge on any atom is -0.399 e. The van der Waals surface area contributed by atoms with Gasteiger partial charge >= 0.3 is 0 Å². The minimum atomic E-state index is -0.113. The number of hydrogen-bond acceptors (Lipinski definition) is 2. The molecule has 1 fully saturated rings. The van der Waals surface area contributed by atoms with Crippen LogP contribution in [0.4, 0.5) is 5.69 Å². The Morgan fingerprint density at radius 2 is 2.05 bits per heavy atom. The van der Waals surface area contributed by atoms with Crippen LogP contribution in [0.15, 0.2) is 18.2 Å². The molecule has 0 heterocycles. The first-order valence-corrected chi connectivity index (χ1v) is 6.88. The highest BCUT2D eigenvalue weighted by molar-refractivity contribution is 6.34. The van der Waals surface area contributed by atoms with Crippen LogP contribution in [0.25, 0.3) is 0 Å². The molecule has 1 aliphatic rings. The van der Waals surface area contributed by atoms with E-state index in [0.717, 1.165) is 18.9 Å². The first kappa shape index (κ1) is 16.1. The Morgan fingerprint density at radius 1 is 1.37 bits per heavy atom. The molecule has 106 valence electrons. The number of nitrogens with one attached hydrogen (secondary N) is 1. The SMILES string of the molecule is Cl.Nc1ccc(C(=O)NCCC2CCCC2)c(Cl)c1. The number of benzene rings is 1. The summed E-state index contributed by atoms with van der Waals surface area (Å²) in [6, 6.07) is 4.97. The first-order chi connectivity index (χ1) is 8.66. The molecule has 0 aromatic heterocycles. The van der Waals surface area contributed by atoms with E-state index in [0.29, 0.717) is 16.3 Å². The van der Waals surface area contributed by atoms with Crippen LogP contribution in [0.2, 0.25) is 5.02 Å². The molecule has 0 atom stereocenters. The van der Waals surface area contributed by atoms with Crippen molar-refractivity contribution in [2.24, 2.45) is 5.92 Å². The summed E-state index contributed by atoms with van der Waals surface area (Å²) in [5.41, 5.74) is 6.66. The molecular formula is C14H20Cl2N2O. The molecule has 19 heavy (non-hydrogen) atoms. The van der Waals surface area contributed by atoms with E-state index in [1.807, 2.05) is 0 Å². The predicted molar refractivity (Wildman–Crippen MR) is 82.0 cm³/mol. The smallest absolute Gasteiger partial charge is 0.252 e. The van der Waals surface area contributed by atoms with Crippen LogP contribution in [0.5, 0.6) is 0 Å². The van der Waals surface area contributed by atoms with Gasteiger partial charge in [0, 0.05) is 12.2 Å². The predicted octanol–water partition coefficient (Wildman–Crippen LogP) is 3.65. The molecule has 0 aliphatic heterocycles. The number of anilines is 1. The average Bonchev–Trinajstić information content (AvgIpc) is 2.81. The maximum Gasteiger partial charge on any atom is 0.252 e. The van der Waals surface area contributed by atoms with Crippen LogP contribution in [0, 0.1) is 5.92 Å². The topological polar surface area (TPSA) is 55.1 Å². The van der Waals surface area contributed by atoms with Gasteiger partial charge in [0.25, 0.3) is 5.91 Å². The number of nitrogen functional groups attached to an aromatic ring is 1. The van der Waals surface area contributed by atoms with Crippen molar-refractivity contribution in [2.75, 3.05) is 12.3 Å². The van der Waals surface area contributed by atoms with Crippen molar-refractivity contribution in [2.45, 2.75) is 32.1 Å². The van der Waals surface area contributed by atoms with Crippen LogP contribution >= 0.6 is 24.0 Å². The van der Waals surface area contributed by atoms with Gasteiger partial charge < -0.3 is 11.1 Å². The number of carbonyl (C=O) groups is 1. The van der Waals surface area contributed by atoms with E-state index in [4.69, 9.17) is 17.3 Å². The Morgan fingerprint density at radius 3 is 2.68 bits per heavy atom. The van der Waals surface area contributed by atoms with Crippen LogP contribution in [-0.4, -0.2) is 12.5 Å². The molecule has 1 amide bonds. The third kappa shape index (κ3) is 4.59. The van der Waals surface area contributed by atoms with Crippen molar-refractivity contribution < 1.29 is 4.79 Å². The highest BCUT2D eigenvalue weighted by atomic mass is 35.5. The van der Waals surface area contributed by atoms with Crippen LogP contribution < -0.4 is 11.1 Å². The van der Waals surface area contributed by atoms with Crippen molar-refractivity contribution in [3.8, 4) is 0 Å². The molecule has 1 saturated carbocycles.